The maximum absolute atomic E-state index is 6.32. The van der Waals surface area contributed by atoms with Gasteiger partial charge in [-0.25, -0.2) is 15.0 Å². The number of nitrogen functional groups attached to an aromatic ring is 1. The normalized spacial score (nSPS) is 22.7. The van der Waals surface area contributed by atoms with Gasteiger partial charge in [-0.2, -0.15) is 5.10 Å². The van der Waals surface area contributed by atoms with Crippen LogP contribution in [-0.2, 0) is 6.42 Å². The van der Waals surface area contributed by atoms with Gasteiger partial charge in [0.2, 0.25) is 0 Å². The van der Waals surface area contributed by atoms with Gasteiger partial charge in [-0.05, 0) is 70.9 Å². The molecule has 0 aromatic carbocycles. The number of anilines is 2. The van der Waals surface area contributed by atoms with E-state index in [1.807, 2.05) is 12.4 Å². The Labute approximate surface area is 237 Å². The highest BCUT2D eigenvalue weighted by molar-refractivity contribution is 5.96. The molecule has 3 aromatic heterocycles. The minimum atomic E-state index is 0.436. The van der Waals surface area contributed by atoms with Crippen LogP contribution in [0.25, 0.3) is 22.2 Å². The summed E-state index contributed by atoms with van der Waals surface area (Å²) in [5, 5.41) is 8.56. The lowest BCUT2D eigenvalue weighted by molar-refractivity contribution is 0.0749. The van der Waals surface area contributed by atoms with Crippen molar-refractivity contribution in [3.63, 3.8) is 0 Å². The van der Waals surface area contributed by atoms with Crippen LogP contribution in [0.4, 0.5) is 11.6 Å². The molecule has 40 heavy (non-hydrogen) atoms. The number of nitrogens with two attached hydrogens (primary N) is 1. The maximum atomic E-state index is 6.32. The summed E-state index contributed by atoms with van der Waals surface area (Å²) in [5.41, 5.74) is 10.8. The third-order valence-corrected chi connectivity index (χ3v) is 9.94. The molecule has 0 unspecified atom stereocenters. The Balaban J connectivity index is 1.07. The van der Waals surface area contributed by atoms with Gasteiger partial charge in [-0.1, -0.05) is 26.2 Å². The molecule has 0 radical (unpaired) electrons. The van der Waals surface area contributed by atoms with E-state index in [1.54, 1.807) is 0 Å². The van der Waals surface area contributed by atoms with Crippen LogP contribution in [0, 0.1) is 0 Å². The lowest BCUT2D eigenvalue weighted by Crippen LogP contribution is -2.48. The van der Waals surface area contributed by atoms with Crippen LogP contribution in [0.3, 0.4) is 0 Å². The summed E-state index contributed by atoms with van der Waals surface area (Å²) < 4.78 is 2.18. The van der Waals surface area contributed by atoms with Crippen LogP contribution < -0.4 is 11.1 Å². The van der Waals surface area contributed by atoms with E-state index in [0.29, 0.717) is 23.4 Å². The van der Waals surface area contributed by atoms with Crippen molar-refractivity contribution >= 4 is 22.7 Å². The smallest absolute Gasteiger partial charge is 0.151 e. The zero-order chi connectivity index (χ0) is 27.1. The molecule has 0 amide bonds. The van der Waals surface area contributed by atoms with Crippen LogP contribution in [-0.4, -0.2) is 78.8 Å². The molecule has 214 valence electrons. The fraction of sp³-hybridized carbons (Fsp3) is 0.677. The topological polar surface area (TPSA) is 101 Å². The second-order valence-electron chi connectivity index (χ2n) is 12.6. The largest absolute Gasteiger partial charge is 0.382 e. The molecule has 7 rings (SSSR count). The van der Waals surface area contributed by atoms with E-state index in [0.717, 1.165) is 59.5 Å². The number of fused-ring (bicyclic) bond motifs is 1. The van der Waals surface area contributed by atoms with Gasteiger partial charge in [0.25, 0.3) is 0 Å². The highest BCUT2D eigenvalue weighted by atomic mass is 15.3. The van der Waals surface area contributed by atoms with Gasteiger partial charge in [0, 0.05) is 54.7 Å². The van der Waals surface area contributed by atoms with Gasteiger partial charge in [-0.3, -0.25) is 4.68 Å². The number of aryl methyl sites for hydroxylation is 1. The molecule has 3 N–H and O–H groups in total. The first-order valence-electron chi connectivity index (χ1n) is 15.9. The van der Waals surface area contributed by atoms with Gasteiger partial charge in [0.15, 0.2) is 5.82 Å². The van der Waals surface area contributed by atoms with E-state index < -0.39 is 0 Å². The molecule has 2 aliphatic heterocycles. The van der Waals surface area contributed by atoms with E-state index in [4.69, 9.17) is 20.8 Å². The molecule has 2 saturated heterocycles. The SMILES string of the molecule is CCc1nc2c(N)ncc(-c3cnn(C4CCN(C5CCN(C6CC6)CC5)CC4)c3)c2nc1NC1CCCCC1. The number of nitrogens with one attached hydrogen (secondary N) is 1. The highest BCUT2D eigenvalue weighted by Crippen LogP contribution is 2.34. The van der Waals surface area contributed by atoms with Gasteiger partial charge >= 0.3 is 0 Å². The number of nitrogens with zero attached hydrogens (tertiary/aromatic N) is 7. The first-order valence-corrected chi connectivity index (χ1v) is 15.9. The Morgan fingerprint density at radius 3 is 2.15 bits per heavy atom. The Bertz CT molecular complexity index is 1310. The molecule has 2 aliphatic carbocycles. The minimum Gasteiger partial charge on any atom is -0.382 e. The predicted molar refractivity (Wildman–Crippen MR) is 160 cm³/mol. The molecule has 4 fully saturated rings. The summed E-state index contributed by atoms with van der Waals surface area (Å²) in [6, 6.07) is 2.58. The number of likely N-dealkylation sites (tertiary alicyclic amines) is 2. The summed E-state index contributed by atoms with van der Waals surface area (Å²) in [7, 11) is 0. The molecule has 2 saturated carbocycles. The zero-order valence-corrected chi connectivity index (χ0v) is 24.1. The van der Waals surface area contributed by atoms with Gasteiger partial charge < -0.3 is 20.9 Å². The van der Waals surface area contributed by atoms with Gasteiger partial charge in [-0.15, -0.1) is 0 Å². The molecule has 0 bridgehead atoms. The van der Waals surface area contributed by atoms with Crippen molar-refractivity contribution < 1.29 is 0 Å². The van der Waals surface area contributed by atoms with Gasteiger partial charge in [0.05, 0.1) is 17.9 Å². The number of aromatic nitrogens is 5. The van der Waals surface area contributed by atoms with E-state index in [9.17, 15) is 0 Å². The monoisotopic (exact) mass is 543 g/mol. The average molecular weight is 544 g/mol. The number of hydrogen-bond donors (Lipinski definition) is 2. The molecular weight excluding hydrogens is 498 g/mol. The second-order valence-corrected chi connectivity index (χ2v) is 12.6. The van der Waals surface area contributed by atoms with Crippen molar-refractivity contribution in [3.8, 4) is 11.1 Å². The average Bonchev–Trinajstić information content (AvgIpc) is 3.74. The number of piperidine rings is 2. The molecule has 9 heteroatoms. The first kappa shape index (κ1) is 26.1. The molecule has 9 nitrogen and oxygen atoms in total. The molecule has 4 aliphatic rings. The third kappa shape index (κ3) is 5.30. The van der Waals surface area contributed by atoms with Crippen LogP contribution >= 0.6 is 0 Å². The van der Waals surface area contributed by atoms with Crippen molar-refractivity contribution in [1.82, 2.24) is 34.5 Å². The van der Waals surface area contributed by atoms with E-state index in [-0.39, 0.29) is 0 Å². The fourth-order valence-electron chi connectivity index (χ4n) is 7.35. The Morgan fingerprint density at radius 2 is 1.48 bits per heavy atom. The Kier molecular flexibility index (Phi) is 7.35. The standard InChI is InChI=1S/C31H45N9/c1-2-27-31(35-22-6-4-3-5-7-22)37-28-26(19-33-30(32)29(28)36-27)21-18-34-40(20-21)25-12-16-39(17-13-25)24-10-14-38(15-11-24)23-8-9-23/h18-20,22-25H,2-17H2,1H3,(H2,32,33)(H,35,37). The van der Waals surface area contributed by atoms with Crippen molar-refractivity contribution in [2.24, 2.45) is 0 Å². The lowest BCUT2D eigenvalue weighted by Gasteiger charge is -2.42. The van der Waals surface area contributed by atoms with E-state index in [1.165, 1.54) is 84.0 Å². The zero-order valence-electron chi connectivity index (χ0n) is 24.1. The Morgan fingerprint density at radius 1 is 0.800 bits per heavy atom. The summed E-state index contributed by atoms with van der Waals surface area (Å²) in [6.45, 7) is 7.05. The fourth-order valence-corrected chi connectivity index (χ4v) is 7.35. The Hall–Kier alpha value is -2.78. The second kappa shape index (κ2) is 11.2. The summed E-state index contributed by atoms with van der Waals surface area (Å²) in [5.74, 6) is 1.34. The molecular formula is C31H45N9. The van der Waals surface area contributed by atoms with Crippen molar-refractivity contribution in [3.05, 3.63) is 24.3 Å². The van der Waals surface area contributed by atoms with Gasteiger partial charge in [0.1, 0.15) is 16.9 Å². The van der Waals surface area contributed by atoms with E-state index >= 15 is 0 Å². The van der Waals surface area contributed by atoms with Crippen LogP contribution in [0.15, 0.2) is 18.6 Å². The van der Waals surface area contributed by atoms with Crippen molar-refractivity contribution in [1.29, 1.82) is 0 Å². The van der Waals surface area contributed by atoms with Crippen LogP contribution in [0.5, 0.6) is 0 Å². The van der Waals surface area contributed by atoms with E-state index in [2.05, 4.69) is 37.9 Å². The minimum absolute atomic E-state index is 0.436. The van der Waals surface area contributed by atoms with Crippen LogP contribution in [0.1, 0.15) is 89.3 Å². The predicted octanol–water partition coefficient (Wildman–Crippen LogP) is 5.04. The summed E-state index contributed by atoms with van der Waals surface area (Å²) >= 11 is 0. The number of pyridine rings is 1. The van der Waals surface area contributed by atoms with Crippen molar-refractivity contribution in [2.75, 3.05) is 37.2 Å². The van der Waals surface area contributed by atoms with Crippen LogP contribution in [0.2, 0.25) is 0 Å². The molecule has 3 aromatic rings. The first-order chi connectivity index (χ1) is 19.7. The summed E-state index contributed by atoms with van der Waals surface area (Å²) in [6.07, 6.45) is 20.9. The molecule has 0 spiro atoms. The highest BCUT2D eigenvalue weighted by Gasteiger charge is 2.34. The molecule has 0 atom stereocenters. The lowest BCUT2D eigenvalue weighted by atomic mass is 9.95. The quantitative estimate of drug-likeness (QED) is 0.427. The number of rotatable bonds is 7. The van der Waals surface area contributed by atoms with Crippen molar-refractivity contribution in [2.45, 2.75) is 108 Å². The number of hydrogen-bond acceptors (Lipinski definition) is 8. The molecule has 5 heterocycles. The maximum Gasteiger partial charge on any atom is 0.151 e. The summed E-state index contributed by atoms with van der Waals surface area (Å²) in [4.78, 5) is 20.1. The third-order valence-electron chi connectivity index (χ3n) is 9.94.